The largest absolute Gasteiger partial charge is 0.497 e. The van der Waals surface area contributed by atoms with Gasteiger partial charge < -0.3 is 14.0 Å². The lowest BCUT2D eigenvalue weighted by atomic mass is 9.93. The first-order valence-electron chi connectivity index (χ1n) is 11.3. The summed E-state index contributed by atoms with van der Waals surface area (Å²) in [6.07, 6.45) is 9.80. The summed E-state index contributed by atoms with van der Waals surface area (Å²) in [5.74, 6) is 3.28. The Balaban J connectivity index is 1.53. The minimum atomic E-state index is -0.0473. The Labute approximate surface area is 200 Å². The molecule has 1 fully saturated rings. The van der Waals surface area contributed by atoms with Gasteiger partial charge in [0.05, 0.1) is 17.5 Å². The van der Waals surface area contributed by atoms with Crippen LogP contribution >= 0.6 is 11.6 Å². The van der Waals surface area contributed by atoms with Crippen LogP contribution in [0.1, 0.15) is 44.5 Å². The molecule has 2 aromatic carbocycles. The number of ether oxygens (including phenoxy) is 2. The highest BCUT2D eigenvalue weighted by Crippen LogP contribution is 2.54. The molecule has 0 N–H and O–H groups in total. The second-order valence-electron chi connectivity index (χ2n) is 8.32. The molecule has 1 aromatic heterocycles. The molecule has 0 radical (unpaired) electrons. The predicted octanol–water partition coefficient (Wildman–Crippen LogP) is 6.67. The van der Waals surface area contributed by atoms with Crippen molar-refractivity contribution in [3.63, 3.8) is 0 Å². The number of aromatic nitrogens is 3. The van der Waals surface area contributed by atoms with E-state index >= 15 is 0 Å². The van der Waals surface area contributed by atoms with Gasteiger partial charge in [0.1, 0.15) is 23.9 Å². The minimum absolute atomic E-state index is 0.0473. The van der Waals surface area contributed by atoms with Crippen LogP contribution in [0.15, 0.2) is 66.3 Å². The Hall–Kier alpha value is -3.05. The van der Waals surface area contributed by atoms with Crippen LogP contribution in [0.5, 0.6) is 11.5 Å². The molecule has 4 rings (SSSR count). The maximum atomic E-state index is 6.65. The molecule has 1 aliphatic carbocycles. The smallest absolute Gasteiger partial charge is 0.165 e. The zero-order valence-electron chi connectivity index (χ0n) is 19.6. The van der Waals surface area contributed by atoms with Crippen LogP contribution in [0.3, 0.4) is 0 Å². The highest BCUT2D eigenvalue weighted by molar-refractivity contribution is 6.33. The molecule has 0 bridgehead atoms. The van der Waals surface area contributed by atoms with Crippen molar-refractivity contribution < 1.29 is 9.47 Å². The van der Waals surface area contributed by atoms with Gasteiger partial charge in [-0.05, 0) is 67.7 Å². The first-order valence-corrected chi connectivity index (χ1v) is 11.7. The predicted molar refractivity (Wildman–Crippen MR) is 133 cm³/mol. The molecule has 0 spiro atoms. The van der Waals surface area contributed by atoms with E-state index in [4.69, 9.17) is 21.1 Å². The maximum Gasteiger partial charge on any atom is 0.165 e. The molecule has 0 aliphatic heterocycles. The van der Waals surface area contributed by atoms with Gasteiger partial charge in [0.25, 0.3) is 0 Å². The maximum absolute atomic E-state index is 6.65. The number of nitrogens with zero attached hydrogens (tertiary/aromatic N) is 3. The van der Waals surface area contributed by atoms with Gasteiger partial charge >= 0.3 is 0 Å². The van der Waals surface area contributed by atoms with E-state index in [0.717, 1.165) is 47.8 Å². The van der Waals surface area contributed by atoms with E-state index in [0.29, 0.717) is 17.4 Å². The fraction of sp³-hybridized carbons (Fsp3) is 0.333. The molecule has 33 heavy (non-hydrogen) atoms. The van der Waals surface area contributed by atoms with Crippen LogP contribution in [-0.4, -0.2) is 21.9 Å². The molecular formula is C27H30ClN3O2. The molecule has 1 aliphatic rings. The van der Waals surface area contributed by atoms with Gasteiger partial charge in [-0.2, -0.15) is 0 Å². The Bertz CT molecular complexity index is 1170. The fourth-order valence-electron chi connectivity index (χ4n) is 4.18. The first-order chi connectivity index (χ1) is 16.0. The van der Waals surface area contributed by atoms with Gasteiger partial charge in [0, 0.05) is 12.6 Å². The van der Waals surface area contributed by atoms with E-state index in [1.165, 1.54) is 5.57 Å². The topological polar surface area (TPSA) is 49.2 Å². The average molecular weight is 464 g/mol. The summed E-state index contributed by atoms with van der Waals surface area (Å²) in [6, 6.07) is 13.5. The quantitative estimate of drug-likeness (QED) is 0.332. The Morgan fingerprint density at radius 2 is 1.85 bits per heavy atom. The molecule has 1 heterocycles. The third-order valence-electron chi connectivity index (χ3n) is 6.20. The fourth-order valence-corrected chi connectivity index (χ4v) is 4.43. The van der Waals surface area contributed by atoms with Crippen molar-refractivity contribution >= 4 is 11.6 Å². The van der Waals surface area contributed by atoms with Gasteiger partial charge in [0.2, 0.25) is 0 Å². The first kappa shape index (κ1) is 23.1. The van der Waals surface area contributed by atoms with Crippen LogP contribution in [0, 0.1) is 0 Å². The number of methoxy groups -OCH3 is 1. The van der Waals surface area contributed by atoms with Gasteiger partial charge in [0.15, 0.2) is 5.82 Å². The number of allylic oxidation sites excluding steroid dienone is 4. The summed E-state index contributed by atoms with van der Waals surface area (Å²) in [4.78, 5) is 0. The lowest BCUT2D eigenvalue weighted by Crippen LogP contribution is -2.15. The van der Waals surface area contributed by atoms with E-state index in [-0.39, 0.29) is 5.41 Å². The number of hydrogen-bond acceptors (Lipinski definition) is 4. The normalized spacial score (nSPS) is 15.1. The molecule has 0 amide bonds. The molecular weight excluding hydrogens is 434 g/mol. The zero-order chi connectivity index (χ0) is 23.4. The number of benzene rings is 2. The third-order valence-corrected chi connectivity index (χ3v) is 6.51. The highest BCUT2D eigenvalue weighted by atomic mass is 35.5. The molecule has 6 heteroatoms. The van der Waals surface area contributed by atoms with Crippen LogP contribution in [0.2, 0.25) is 5.02 Å². The second-order valence-corrected chi connectivity index (χ2v) is 8.73. The molecule has 1 saturated carbocycles. The van der Waals surface area contributed by atoms with E-state index in [2.05, 4.69) is 46.8 Å². The van der Waals surface area contributed by atoms with Crippen molar-refractivity contribution in [2.75, 3.05) is 7.11 Å². The standard InChI is InChI=1S/C27H30ClN3O2/c1-5-7-8-20(6-2)27(15-16-27)26-30-29-25(31(26)3)23-14-13-22(17-24(23)28)33-18-19-9-11-21(32-4)12-10-19/h6-14,17H,5,15-16,18H2,1-4H3/b8-7-,20-6+. The lowest BCUT2D eigenvalue weighted by Gasteiger charge is -2.17. The van der Waals surface area contributed by atoms with Crippen molar-refractivity contribution in [1.82, 2.24) is 14.8 Å². The summed E-state index contributed by atoms with van der Waals surface area (Å²) >= 11 is 6.65. The Kier molecular flexibility index (Phi) is 6.89. The third kappa shape index (κ3) is 4.69. The lowest BCUT2D eigenvalue weighted by molar-refractivity contribution is 0.306. The van der Waals surface area contributed by atoms with Crippen molar-refractivity contribution in [1.29, 1.82) is 0 Å². The van der Waals surface area contributed by atoms with Gasteiger partial charge in [-0.25, -0.2) is 0 Å². The van der Waals surface area contributed by atoms with Crippen LogP contribution in [0.4, 0.5) is 0 Å². The van der Waals surface area contributed by atoms with Crippen LogP contribution in [0.25, 0.3) is 11.4 Å². The van der Waals surface area contributed by atoms with Gasteiger partial charge in [-0.3, -0.25) is 0 Å². The summed E-state index contributed by atoms with van der Waals surface area (Å²) < 4.78 is 13.2. The number of hydrogen-bond donors (Lipinski definition) is 0. The molecule has 172 valence electrons. The van der Waals surface area contributed by atoms with E-state index < -0.39 is 0 Å². The van der Waals surface area contributed by atoms with Crippen molar-refractivity contribution in [3.8, 4) is 22.9 Å². The van der Waals surface area contributed by atoms with E-state index in [1.54, 1.807) is 7.11 Å². The second kappa shape index (κ2) is 9.84. The van der Waals surface area contributed by atoms with E-state index in [9.17, 15) is 0 Å². The van der Waals surface area contributed by atoms with Crippen molar-refractivity contribution in [2.45, 2.75) is 45.1 Å². The Morgan fingerprint density at radius 3 is 2.45 bits per heavy atom. The zero-order valence-corrected chi connectivity index (χ0v) is 20.4. The molecule has 0 atom stereocenters. The summed E-state index contributed by atoms with van der Waals surface area (Å²) in [5.41, 5.74) is 3.16. The summed E-state index contributed by atoms with van der Waals surface area (Å²) in [5, 5.41) is 9.70. The average Bonchev–Trinajstić information content (AvgIpc) is 3.54. The number of halogens is 1. The minimum Gasteiger partial charge on any atom is -0.497 e. The molecule has 5 nitrogen and oxygen atoms in total. The van der Waals surface area contributed by atoms with Crippen molar-refractivity contribution in [2.24, 2.45) is 7.05 Å². The van der Waals surface area contributed by atoms with Crippen LogP contribution in [-0.2, 0) is 19.1 Å². The molecule has 0 saturated heterocycles. The highest BCUT2D eigenvalue weighted by Gasteiger charge is 2.50. The SMILES string of the molecule is C/C=C(\C=C/CC)C1(c2nnc(-c3ccc(OCc4ccc(OC)cc4)cc3Cl)n2C)CC1. The number of rotatable bonds is 9. The molecule has 3 aromatic rings. The Morgan fingerprint density at radius 1 is 1.12 bits per heavy atom. The van der Waals surface area contributed by atoms with E-state index in [1.807, 2.05) is 49.5 Å². The van der Waals surface area contributed by atoms with Gasteiger partial charge in [-0.1, -0.05) is 48.9 Å². The van der Waals surface area contributed by atoms with Crippen molar-refractivity contribution in [3.05, 3.63) is 82.7 Å². The monoisotopic (exact) mass is 463 g/mol. The summed E-state index contributed by atoms with van der Waals surface area (Å²) in [7, 11) is 3.68. The summed E-state index contributed by atoms with van der Waals surface area (Å²) in [6.45, 7) is 4.69. The van der Waals surface area contributed by atoms with Gasteiger partial charge in [-0.15, -0.1) is 10.2 Å². The molecule has 0 unspecified atom stereocenters. The van der Waals surface area contributed by atoms with Crippen LogP contribution < -0.4 is 9.47 Å².